The molecule has 0 aromatic carbocycles. The lowest BCUT2D eigenvalue weighted by Crippen LogP contribution is -2.60. The van der Waals surface area contributed by atoms with Crippen molar-refractivity contribution in [2.24, 2.45) is 5.41 Å². The van der Waals surface area contributed by atoms with Gasteiger partial charge in [-0.2, -0.15) is 0 Å². The van der Waals surface area contributed by atoms with Gasteiger partial charge >= 0.3 is 6.09 Å². The summed E-state index contributed by atoms with van der Waals surface area (Å²) in [6.45, 7) is 11.2. The number of rotatable bonds is 6. The highest BCUT2D eigenvalue weighted by molar-refractivity contribution is 5.69. The number of nitrogens with one attached hydrogen (secondary N) is 2. The highest BCUT2D eigenvalue weighted by Crippen LogP contribution is 2.31. The standard InChI is InChI=1S/C15H30N2O3/c1-13(2,3)20-12(19)17-15(7-6-8-15)10-16-9-14(4,5)11-18/h16,18H,6-11H2,1-5H3,(H,17,19). The van der Waals surface area contributed by atoms with E-state index in [9.17, 15) is 9.90 Å². The second-order valence-electron chi connectivity index (χ2n) is 7.69. The van der Waals surface area contributed by atoms with Crippen LogP contribution in [0.3, 0.4) is 0 Å². The van der Waals surface area contributed by atoms with Crippen molar-refractivity contribution in [2.45, 2.75) is 65.0 Å². The van der Waals surface area contributed by atoms with Crippen LogP contribution in [0.4, 0.5) is 4.79 Å². The Morgan fingerprint density at radius 2 is 1.85 bits per heavy atom. The van der Waals surface area contributed by atoms with Gasteiger partial charge in [0.1, 0.15) is 5.60 Å². The Morgan fingerprint density at radius 1 is 1.25 bits per heavy atom. The molecule has 0 saturated heterocycles. The highest BCUT2D eigenvalue weighted by Gasteiger charge is 2.39. The van der Waals surface area contributed by atoms with Gasteiger partial charge in [0.15, 0.2) is 0 Å². The average molecular weight is 286 g/mol. The van der Waals surface area contributed by atoms with Crippen LogP contribution >= 0.6 is 0 Å². The number of ether oxygens (including phenoxy) is 1. The molecule has 1 rings (SSSR count). The lowest BCUT2D eigenvalue weighted by molar-refractivity contribution is 0.0377. The number of carbonyl (C=O) groups excluding carboxylic acids is 1. The molecule has 0 spiro atoms. The Kier molecular flexibility index (Phi) is 5.44. The van der Waals surface area contributed by atoms with Crippen LogP contribution in [0.15, 0.2) is 0 Å². The van der Waals surface area contributed by atoms with Crippen LogP contribution in [0.25, 0.3) is 0 Å². The maximum atomic E-state index is 11.9. The van der Waals surface area contributed by atoms with E-state index in [-0.39, 0.29) is 23.7 Å². The smallest absolute Gasteiger partial charge is 0.408 e. The third kappa shape index (κ3) is 5.67. The summed E-state index contributed by atoms with van der Waals surface area (Å²) in [5.41, 5.74) is -0.800. The largest absolute Gasteiger partial charge is 0.444 e. The van der Waals surface area contributed by atoms with Crippen molar-refractivity contribution >= 4 is 6.09 Å². The van der Waals surface area contributed by atoms with Gasteiger partial charge < -0.3 is 20.5 Å². The van der Waals surface area contributed by atoms with Crippen molar-refractivity contribution in [3.05, 3.63) is 0 Å². The van der Waals surface area contributed by atoms with Crippen LogP contribution in [-0.2, 0) is 4.74 Å². The first-order valence-corrected chi connectivity index (χ1v) is 7.40. The van der Waals surface area contributed by atoms with Crippen LogP contribution in [0.5, 0.6) is 0 Å². The zero-order chi connectivity index (χ0) is 15.4. The van der Waals surface area contributed by atoms with E-state index in [1.807, 2.05) is 34.6 Å². The van der Waals surface area contributed by atoms with Crippen LogP contribution in [0.1, 0.15) is 53.9 Å². The Hall–Kier alpha value is -0.810. The van der Waals surface area contributed by atoms with Gasteiger partial charge in [0.2, 0.25) is 0 Å². The molecule has 5 nitrogen and oxygen atoms in total. The van der Waals surface area contributed by atoms with Crippen LogP contribution in [0, 0.1) is 5.41 Å². The predicted molar refractivity (Wildman–Crippen MR) is 79.7 cm³/mol. The van der Waals surface area contributed by atoms with E-state index >= 15 is 0 Å². The summed E-state index contributed by atoms with van der Waals surface area (Å²) in [5.74, 6) is 0. The minimum absolute atomic E-state index is 0.142. The van der Waals surface area contributed by atoms with E-state index in [0.717, 1.165) is 32.4 Å². The van der Waals surface area contributed by atoms with Crippen LogP contribution in [-0.4, -0.2) is 42.0 Å². The van der Waals surface area contributed by atoms with Crippen molar-refractivity contribution < 1.29 is 14.6 Å². The summed E-state index contributed by atoms with van der Waals surface area (Å²) < 4.78 is 5.32. The molecule has 5 heteroatoms. The molecule has 0 atom stereocenters. The number of hydrogen-bond acceptors (Lipinski definition) is 4. The maximum Gasteiger partial charge on any atom is 0.408 e. The fraction of sp³-hybridized carbons (Fsp3) is 0.933. The second kappa shape index (κ2) is 6.31. The van der Waals surface area contributed by atoms with Gasteiger partial charge in [-0.3, -0.25) is 0 Å². The van der Waals surface area contributed by atoms with Gasteiger partial charge in [-0.1, -0.05) is 13.8 Å². The van der Waals surface area contributed by atoms with Crippen LogP contribution in [0.2, 0.25) is 0 Å². The predicted octanol–water partition coefficient (Wildman–Crippen LogP) is 2.04. The number of carbonyl (C=O) groups is 1. The van der Waals surface area contributed by atoms with Gasteiger partial charge in [-0.15, -0.1) is 0 Å². The molecule has 0 radical (unpaired) electrons. The van der Waals surface area contributed by atoms with Gasteiger partial charge in [0, 0.05) is 25.1 Å². The number of alkyl carbamates (subject to hydrolysis) is 1. The topological polar surface area (TPSA) is 70.6 Å². The summed E-state index contributed by atoms with van der Waals surface area (Å²) in [6, 6.07) is 0. The molecule has 0 aromatic rings. The third-order valence-electron chi connectivity index (χ3n) is 3.57. The molecular weight excluding hydrogens is 256 g/mol. The normalized spacial score (nSPS) is 18.3. The van der Waals surface area contributed by atoms with Gasteiger partial charge in [-0.05, 0) is 40.0 Å². The fourth-order valence-electron chi connectivity index (χ4n) is 2.17. The molecule has 1 amide bonds. The minimum atomic E-state index is -0.471. The monoisotopic (exact) mass is 286 g/mol. The zero-order valence-electron chi connectivity index (χ0n) is 13.5. The highest BCUT2D eigenvalue weighted by atomic mass is 16.6. The van der Waals surface area contributed by atoms with Gasteiger partial charge in [0.05, 0.1) is 5.54 Å². The molecule has 1 fully saturated rings. The molecule has 118 valence electrons. The number of aliphatic hydroxyl groups excluding tert-OH is 1. The summed E-state index contributed by atoms with van der Waals surface area (Å²) in [4.78, 5) is 11.9. The number of aliphatic hydroxyl groups is 1. The van der Waals surface area contributed by atoms with E-state index < -0.39 is 5.60 Å². The maximum absolute atomic E-state index is 11.9. The first kappa shape index (κ1) is 17.2. The number of hydrogen-bond donors (Lipinski definition) is 3. The molecule has 1 aliphatic carbocycles. The average Bonchev–Trinajstić information content (AvgIpc) is 2.22. The lowest BCUT2D eigenvalue weighted by Gasteiger charge is -2.43. The quantitative estimate of drug-likeness (QED) is 0.699. The van der Waals surface area contributed by atoms with Crippen molar-refractivity contribution in [3.8, 4) is 0 Å². The third-order valence-corrected chi connectivity index (χ3v) is 3.57. The van der Waals surface area contributed by atoms with Crippen LogP contribution < -0.4 is 10.6 Å². The molecule has 0 aromatic heterocycles. The molecule has 3 N–H and O–H groups in total. The second-order valence-corrected chi connectivity index (χ2v) is 7.69. The fourth-order valence-corrected chi connectivity index (χ4v) is 2.17. The molecule has 0 heterocycles. The summed E-state index contributed by atoms with van der Waals surface area (Å²) in [6.07, 6.45) is 2.72. The molecule has 0 unspecified atom stereocenters. The Bertz CT molecular complexity index is 331. The first-order valence-electron chi connectivity index (χ1n) is 7.40. The van der Waals surface area contributed by atoms with E-state index in [0.29, 0.717) is 0 Å². The van der Waals surface area contributed by atoms with Crippen molar-refractivity contribution in [3.63, 3.8) is 0 Å². The number of amides is 1. The molecule has 20 heavy (non-hydrogen) atoms. The van der Waals surface area contributed by atoms with Crippen molar-refractivity contribution in [2.75, 3.05) is 19.7 Å². The van der Waals surface area contributed by atoms with E-state index in [2.05, 4.69) is 10.6 Å². The SMILES string of the molecule is CC(C)(CO)CNCC1(NC(=O)OC(C)(C)C)CCC1. The van der Waals surface area contributed by atoms with E-state index in [1.165, 1.54) is 0 Å². The minimum Gasteiger partial charge on any atom is -0.444 e. The van der Waals surface area contributed by atoms with Crippen molar-refractivity contribution in [1.29, 1.82) is 0 Å². The molecule has 0 bridgehead atoms. The molecule has 1 aliphatic rings. The zero-order valence-corrected chi connectivity index (χ0v) is 13.5. The summed E-state index contributed by atoms with van der Waals surface area (Å²) in [5, 5.41) is 15.6. The Labute approximate surface area is 122 Å². The van der Waals surface area contributed by atoms with Crippen molar-refractivity contribution in [1.82, 2.24) is 10.6 Å². The Morgan fingerprint density at radius 3 is 2.25 bits per heavy atom. The molecule has 0 aliphatic heterocycles. The summed E-state index contributed by atoms with van der Waals surface area (Å²) in [7, 11) is 0. The first-order chi connectivity index (χ1) is 9.08. The summed E-state index contributed by atoms with van der Waals surface area (Å²) >= 11 is 0. The van der Waals surface area contributed by atoms with Gasteiger partial charge in [-0.25, -0.2) is 4.79 Å². The Balaban J connectivity index is 2.42. The van der Waals surface area contributed by atoms with Gasteiger partial charge in [0.25, 0.3) is 0 Å². The molecule has 1 saturated carbocycles. The van der Waals surface area contributed by atoms with E-state index in [1.54, 1.807) is 0 Å². The van der Waals surface area contributed by atoms with E-state index in [4.69, 9.17) is 4.74 Å². The molecular formula is C15H30N2O3. The lowest BCUT2D eigenvalue weighted by atomic mass is 9.76.